The quantitative estimate of drug-likeness (QED) is 0.0977. The molecule has 10 nitrogen and oxygen atoms in total. The highest BCUT2D eigenvalue weighted by Gasteiger charge is 2.16. The van der Waals surface area contributed by atoms with Crippen molar-refractivity contribution in [1.29, 1.82) is 0 Å². The highest BCUT2D eigenvalue weighted by atomic mass is 16.6. The largest absolute Gasteiger partial charge is 0.493 e. The first-order valence-corrected chi connectivity index (χ1v) is 12.5. The average Bonchev–Trinajstić information content (AvgIpc) is 3.53. The van der Waals surface area contributed by atoms with Crippen molar-refractivity contribution in [3.63, 3.8) is 0 Å². The molecule has 0 unspecified atom stereocenters. The lowest BCUT2D eigenvalue weighted by atomic mass is 10.1. The SMILES string of the molecule is COc1cc(C=NNC(=O)C(=Cc2ccc(N(C)C)cc2)NC(=O)c2ccccc2)ccc1OC(=O)c1ccco1. The number of hydrazone groups is 1. The minimum atomic E-state index is -0.671. The smallest absolute Gasteiger partial charge is 0.379 e. The van der Waals surface area contributed by atoms with Gasteiger partial charge in [-0.1, -0.05) is 30.3 Å². The molecule has 0 spiro atoms. The zero-order valence-electron chi connectivity index (χ0n) is 22.7. The summed E-state index contributed by atoms with van der Waals surface area (Å²) in [5.41, 5.74) is 5.10. The van der Waals surface area contributed by atoms with Crippen LogP contribution in [0.3, 0.4) is 0 Å². The Bertz CT molecular complexity index is 1560. The second-order valence-electron chi connectivity index (χ2n) is 8.84. The van der Waals surface area contributed by atoms with Gasteiger partial charge in [-0.05, 0) is 71.8 Å². The number of rotatable bonds is 10. The maximum atomic E-state index is 13.1. The van der Waals surface area contributed by atoms with Crippen LogP contribution in [0.25, 0.3) is 6.08 Å². The number of anilines is 1. The molecule has 10 heteroatoms. The van der Waals surface area contributed by atoms with E-state index in [1.807, 2.05) is 43.3 Å². The summed E-state index contributed by atoms with van der Waals surface area (Å²) in [7, 11) is 5.29. The molecule has 0 saturated carbocycles. The second-order valence-corrected chi connectivity index (χ2v) is 8.84. The van der Waals surface area contributed by atoms with Crippen LogP contribution in [-0.4, -0.2) is 45.2 Å². The molecule has 2 N–H and O–H groups in total. The van der Waals surface area contributed by atoms with E-state index in [0.717, 1.165) is 5.69 Å². The van der Waals surface area contributed by atoms with Crippen molar-refractivity contribution in [2.45, 2.75) is 0 Å². The predicted octanol–water partition coefficient (Wildman–Crippen LogP) is 4.49. The zero-order chi connectivity index (χ0) is 29.2. The van der Waals surface area contributed by atoms with Crippen LogP contribution in [0.5, 0.6) is 11.5 Å². The molecule has 0 aliphatic rings. The molecule has 0 aliphatic heterocycles. The summed E-state index contributed by atoms with van der Waals surface area (Å²) in [5.74, 6) is -1.22. The number of hydrogen-bond acceptors (Lipinski definition) is 8. The predicted molar refractivity (Wildman–Crippen MR) is 155 cm³/mol. The minimum Gasteiger partial charge on any atom is -0.493 e. The van der Waals surface area contributed by atoms with Gasteiger partial charge in [0, 0.05) is 25.3 Å². The molecule has 208 valence electrons. The van der Waals surface area contributed by atoms with E-state index in [1.54, 1.807) is 54.6 Å². The maximum absolute atomic E-state index is 13.1. The van der Waals surface area contributed by atoms with E-state index in [0.29, 0.717) is 16.7 Å². The van der Waals surface area contributed by atoms with Gasteiger partial charge in [-0.2, -0.15) is 5.10 Å². The van der Waals surface area contributed by atoms with Crippen LogP contribution in [0.2, 0.25) is 0 Å². The summed E-state index contributed by atoms with van der Waals surface area (Å²) in [5, 5.41) is 6.70. The zero-order valence-corrected chi connectivity index (χ0v) is 22.7. The van der Waals surface area contributed by atoms with Gasteiger partial charge in [-0.25, -0.2) is 10.2 Å². The van der Waals surface area contributed by atoms with Gasteiger partial charge in [-0.3, -0.25) is 9.59 Å². The van der Waals surface area contributed by atoms with Gasteiger partial charge in [0.05, 0.1) is 19.6 Å². The lowest BCUT2D eigenvalue weighted by molar-refractivity contribution is -0.117. The van der Waals surface area contributed by atoms with E-state index in [-0.39, 0.29) is 23.0 Å². The molecule has 4 rings (SSSR count). The van der Waals surface area contributed by atoms with Crippen molar-refractivity contribution < 1.29 is 28.3 Å². The number of carbonyl (C=O) groups is 3. The lowest BCUT2D eigenvalue weighted by Gasteiger charge is -2.12. The van der Waals surface area contributed by atoms with Gasteiger partial charge in [-0.15, -0.1) is 0 Å². The number of carbonyl (C=O) groups excluding carboxylic acids is 3. The van der Waals surface area contributed by atoms with E-state index in [1.165, 1.54) is 31.7 Å². The normalized spacial score (nSPS) is 11.1. The molecular weight excluding hydrogens is 524 g/mol. The summed E-state index contributed by atoms with van der Waals surface area (Å²) < 4.78 is 15.7. The third-order valence-electron chi connectivity index (χ3n) is 5.74. The minimum absolute atomic E-state index is 0.00590. The lowest BCUT2D eigenvalue weighted by Crippen LogP contribution is -2.32. The summed E-state index contributed by atoms with van der Waals surface area (Å²) in [6, 6.07) is 23.9. The molecule has 4 aromatic rings. The van der Waals surface area contributed by atoms with E-state index >= 15 is 0 Å². The number of nitrogens with zero attached hydrogens (tertiary/aromatic N) is 2. The standard InChI is InChI=1S/C31H28N4O6/c1-35(2)24-14-11-21(12-15-24)18-25(33-29(36)23-8-5-4-6-9-23)30(37)34-32-20-22-13-16-26(28(19-22)39-3)41-31(38)27-10-7-17-40-27/h4-20H,1-3H3,(H,33,36)(H,34,37). The van der Waals surface area contributed by atoms with Gasteiger partial charge in [0.1, 0.15) is 5.70 Å². The van der Waals surface area contributed by atoms with E-state index in [9.17, 15) is 14.4 Å². The summed E-state index contributed by atoms with van der Waals surface area (Å²) in [6.45, 7) is 0. The highest BCUT2D eigenvalue weighted by molar-refractivity contribution is 6.05. The van der Waals surface area contributed by atoms with Crippen molar-refractivity contribution >= 4 is 35.8 Å². The third kappa shape index (κ3) is 7.70. The number of ether oxygens (including phenoxy) is 2. The highest BCUT2D eigenvalue weighted by Crippen LogP contribution is 2.28. The van der Waals surface area contributed by atoms with Crippen LogP contribution >= 0.6 is 0 Å². The van der Waals surface area contributed by atoms with Gasteiger partial charge in [0.25, 0.3) is 11.8 Å². The Hall–Kier alpha value is -5.64. The number of amides is 2. The first-order chi connectivity index (χ1) is 19.8. The van der Waals surface area contributed by atoms with Crippen LogP contribution in [0.1, 0.15) is 32.0 Å². The average molecular weight is 553 g/mol. The molecule has 2 amide bonds. The Balaban J connectivity index is 1.49. The summed E-state index contributed by atoms with van der Waals surface area (Å²) in [4.78, 5) is 40.1. The first kappa shape index (κ1) is 28.4. The Kier molecular flexibility index (Phi) is 9.29. The van der Waals surface area contributed by atoms with Crippen molar-refractivity contribution in [3.8, 4) is 11.5 Å². The van der Waals surface area contributed by atoms with Crippen molar-refractivity contribution in [3.05, 3.63) is 119 Å². The van der Waals surface area contributed by atoms with Crippen LogP contribution in [-0.2, 0) is 4.79 Å². The molecule has 0 fully saturated rings. The molecule has 0 aliphatic carbocycles. The van der Waals surface area contributed by atoms with Crippen LogP contribution in [0.4, 0.5) is 5.69 Å². The van der Waals surface area contributed by atoms with E-state index in [2.05, 4.69) is 15.8 Å². The Morgan fingerprint density at radius 2 is 1.61 bits per heavy atom. The Morgan fingerprint density at radius 3 is 2.27 bits per heavy atom. The topological polar surface area (TPSA) is 122 Å². The number of hydrogen-bond donors (Lipinski definition) is 2. The fourth-order valence-corrected chi connectivity index (χ4v) is 3.60. The van der Waals surface area contributed by atoms with Crippen LogP contribution in [0.15, 0.2) is 106 Å². The number of esters is 1. The Labute approximate surface area is 236 Å². The molecule has 0 bridgehead atoms. The number of benzene rings is 3. The van der Waals surface area contributed by atoms with Crippen molar-refractivity contribution in [1.82, 2.24) is 10.7 Å². The maximum Gasteiger partial charge on any atom is 0.379 e. The molecule has 0 saturated heterocycles. The molecular formula is C31H28N4O6. The number of nitrogens with one attached hydrogen (secondary N) is 2. The van der Waals surface area contributed by atoms with Gasteiger partial charge in [0.2, 0.25) is 5.76 Å². The Morgan fingerprint density at radius 1 is 0.878 bits per heavy atom. The van der Waals surface area contributed by atoms with Gasteiger partial charge in [0.15, 0.2) is 11.5 Å². The van der Waals surface area contributed by atoms with Gasteiger partial charge >= 0.3 is 5.97 Å². The fourth-order valence-electron chi connectivity index (χ4n) is 3.60. The fraction of sp³-hybridized carbons (Fsp3) is 0.0968. The monoisotopic (exact) mass is 552 g/mol. The van der Waals surface area contributed by atoms with E-state index < -0.39 is 17.8 Å². The molecule has 1 aromatic heterocycles. The van der Waals surface area contributed by atoms with Gasteiger partial charge < -0.3 is 24.1 Å². The second kappa shape index (κ2) is 13.4. The first-order valence-electron chi connectivity index (χ1n) is 12.5. The number of furan rings is 1. The summed E-state index contributed by atoms with van der Waals surface area (Å²) in [6.07, 6.45) is 4.33. The van der Waals surface area contributed by atoms with Crippen LogP contribution < -0.4 is 25.1 Å². The third-order valence-corrected chi connectivity index (χ3v) is 5.74. The number of methoxy groups -OCH3 is 1. The molecule has 0 radical (unpaired) electrons. The molecule has 3 aromatic carbocycles. The van der Waals surface area contributed by atoms with Crippen molar-refractivity contribution in [2.75, 3.05) is 26.1 Å². The van der Waals surface area contributed by atoms with E-state index in [4.69, 9.17) is 13.9 Å². The summed E-state index contributed by atoms with van der Waals surface area (Å²) >= 11 is 0. The van der Waals surface area contributed by atoms with Crippen molar-refractivity contribution in [2.24, 2.45) is 5.10 Å². The van der Waals surface area contributed by atoms with Crippen LogP contribution in [0, 0.1) is 0 Å². The molecule has 0 atom stereocenters. The molecule has 41 heavy (non-hydrogen) atoms. The molecule has 1 heterocycles.